The monoisotopic (exact) mass is 342 g/mol. The van der Waals surface area contributed by atoms with Gasteiger partial charge in [-0.1, -0.05) is 30.3 Å². The molecule has 0 radical (unpaired) electrons. The van der Waals surface area contributed by atoms with Crippen molar-refractivity contribution in [3.8, 4) is 11.1 Å². The molecule has 0 bridgehead atoms. The summed E-state index contributed by atoms with van der Waals surface area (Å²) >= 11 is 0. The van der Waals surface area contributed by atoms with Gasteiger partial charge in [0, 0.05) is 12.1 Å². The van der Waals surface area contributed by atoms with E-state index < -0.39 is 0 Å². The van der Waals surface area contributed by atoms with Crippen molar-refractivity contribution in [2.45, 2.75) is 25.7 Å². The molecule has 2 aliphatic rings. The van der Waals surface area contributed by atoms with Crippen molar-refractivity contribution in [2.24, 2.45) is 5.92 Å². The molecule has 3 nitrogen and oxygen atoms in total. The number of hydrogen-bond donors (Lipinski definition) is 2. The minimum absolute atomic E-state index is 0. The molecule has 24 heavy (non-hydrogen) atoms. The lowest BCUT2D eigenvalue weighted by molar-refractivity contribution is -0.117. The third-order valence-corrected chi connectivity index (χ3v) is 5.01. The molecule has 2 N–H and O–H groups in total. The normalized spacial score (nSPS) is 16.0. The van der Waals surface area contributed by atoms with Crippen molar-refractivity contribution in [1.29, 1.82) is 0 Å². The largest absolute Gasteiger partial charge is 0.326 e. The fourth-order valence-electron chi connectivity index (χ4n) is 3.78. The van der Waals surface area contributed by atoms with Gasteiger partial charge in [-0.2, -0.15) is 0 Å². The zero-order valence-corrected chi connectivity index (χ0v) is 14.5. The SMILES string of the molecule is Cl.O=C(CC1CCNCC1)Nc1ccc2c(c1)Cc1ccccc1-2. The van der Waals surface area contributed by atoms with E-state index in [4.69, 9.17) is 0 Å². The maximum atomic E-state index is 12.3. The van der Waals surface area contributed by atoms with Crippen LogP contribution in [0.25, 0.3) is 11.1 Å². The summed E-state index contributed by atoms with van der Waals surface area (Å²) in [5.41, 5.74) is 6.24. The predicted molar refractivity (Wildman–Crippen MR) is 101 cm³/mol. The molecule has 126 valence electrons. The summed E-state index contributed by atoms with van der Waals surface area (Å²) in [6.45, 7) is 2.07. The van der Waals surface area contributed by atoms with Crippen LogP contribution in [0.2, 0.25) is 0 Å². The Hall–Kier alpha value is -1.84. The minimum Gasteiger partial charge on any atom is -0.326 e. The highest BCUT2D eigenvalue weighted by molar-refractivity contribution is 5.92. The third kappa shape index (κ3) is 3.47. The van der Waals surface area contributed by atoms with Crippen LogP contribution in [-0.2, 0) is 11.2 Å². The summed E-state index contributed by atoms with van der Waals surface area (Å²) < 4.78 is 0. The molecule has 1 aliphatic carbocycles. The van der Waals surface area contributed by atoms with Crippen LogP contribution in [0.5, 0.6) is 0 Å². The van der Waals surface area contributed by atoms with E-state index in [0.717, 1.165) is 38.0 Å². The summed E-state index contributed by atoms with van der Waals surface area (Å²) in [7, 11) is 0. The summed E-state index contributed by atoms with van der Waals surface area (Å²) in [4.78, 5) is 12.3. The quantitative estimate of drug-likeness (QED) is 0.755. The number of piperidine rings is 1. The van der Waals surface area contributed by atoms with Crippen LogP contribution in [0.4, 0.5) is 5.69 Å². The number of fused-ring (bicyclic) bond motifs is 3. The smallest absolute Gasteiger partial charge is 0.224 e. The van der Waals surface area contributed by atoms with Crippen molar-refractivity contribution in [2.75, 3.05) is 18.4 Å². The van der Waals surface area contributed by atoms with E-state index in [1.807, 2.05) is 6.07 Å². The second kappa shape index (κ2) is 7.37. The summed E-state index contributed by atoms with van der Waals surface area (Å²) in [6.07, 6.45) is 3.81. The predicted octanol–water partition coefficient (Wildman–Crippen LogP) is 4.01. The number of anilines is 1. The van der Waals surface area contributed by atoms with Gasteiger partial charge in [-0.05, 0) is 72.7 Å². The van der Waals surface area contributed by atoms with Crippen LogP contribution < -0.4 is 10.6 Å². The third-order valence-electron chi connectivity index (χ3n) is 5.01. The Bertz CT molecular complexity index is 738. The van der Waals surface area contributed by atoms with E-state index in [9.17, 15) is 4.79 Å². The van der Waals surface area contributed by atoms with Gasteiger partial charge < -0.3 is 10.6 Å². The second-order valence-corrected chi connectivity index (χ2v) is 6.65. The van der Waals surface area contributed by atoms with E-state index in [0.29, 0.717) is 12.3 Å². The highest BCUT2D eigenvalue weighted by Gasteiger charge is 2.19. The zero-order valence-electron chi connectivity index (χ0n) is 13.7. The average Bonchev–Trinajstić information content (AvgIpc) is 2.93. The number of hydrogen-bond acceptors (Lipinski definition) is 2. The Morgan fingerprint density at radius 2 is 1.79 bits per heavy atom. The lowest BCUT2D eigenvalue weighted by Gasteiger charge is -2.22. The Balaban J connectivity index is 0.00000169. The van der Waals surface area contributed by atoms with Gasteiger partial charge in [0.15, 0.2) is 0 Å². The minimum atomic E-state index is 0. The number of amides is 1. The molecule has 1 fully saturated rings. The first-order valence-electron chi connectivity index (χ1n) is 8.51. The molecule has 0 unspecified atom stereocenters. The molecular weight excluding hydrogens is 320 g/mol. The van der Waals surface area contributed by atoms with Crippen molar-refractivity contribution in [1.82, 2.24) is 5.32 Å². The molecule has 1 saturated heterocycles. The number of halogens is 1. The highest BCUT2D eigenvalue weighted by atomic mass is 35.5. The van der Waals surface area contributed by atoms with Crippen molar-refractivity contribution < 1.29 is 4.79 Å². The van der Waals surface area contributed by atoms with Gasteiger partial charge in [-0.25, -0.2) is 0 Å². The first-order valence-corrected chi connectivity index (χ1v) is 8.51. The number of rotatable bonds is 3. The first kappa shape index (κ1) is 17.0. The molecule has 4 heteroatoms. The number of benzene rings is 2. The fraction of sp³-hybridized carbons (Fsp3) is 0.350. The van der Waals surface area contributed by atoms with Gasteiger partial charge in [-0.3, -0.25) is 4.79 Å². The molecule has 0 spiro atoms. The maximum Gasteiger partial charge on any atom is 0.224 e. The van der Waals surface area contributed by atoms with E-state index >= 15 is 0 Å². The molecule has 0 aromatic heterocycles. The van der Waals surface area contributed by atoms with Crippen LogP contribution in [-0.4, -0.2) is 19.0 Å². The van der Waals surface area contributed by atoms with Crippen LogP contribution >= 0.6 is 12.4 Å². The lowest BCUT2D eigenvalue weighted by atomic mass is 9.94. The van der Waals surface area contributed by atoms with Crippen molar-refractivity contribution in [3.63, 3.8) is 0 Å². The Morgan fingerprint density at radius 1 is 1.04 bits per heavy atom. The molecule has 1 heterocycles. The molecule has 2 aromatic carbocycles. The average molecular weight is 343 g/mol. The summed E-state index contributed by atoms with van der Waals surface area (Å²) in [5, 5.41) is 6.43. The van der Waals surface area contributed by atoms with Crippen molar-refractivity contribution in [3.05, 3.63) is 53.6 Å². The zero-order chi connectivity index (χ0) is 15.6. The molecule has 2 aromatic rings. The van der Waals surface area contributed by atoms with Crippen LogP contribution in [0.1, 0.15) is 30.4 Å². The molecular formula is C20H23ClN2O. The number of carbonyl (C=O) groups is 1. The molecule has 1 amide bonds. The number of nitrogens with one attached hydrogen (secondary N) is 2. The Labute approximate surface area is 149 Å². The molecule has 1 aliphatic heterocycles. The lowest BCUT2D eigenvalue weighted by Crippen LogP contribution is -2.30. The molecule has 4 rings (SSSR count). The second-order valence-electron chi connectivity index (χ2n) is 6.65. The van der Waals surface area contributed by atoms with E-state index in [1.54, 1.807) is 0 Å². The fourth-order valence-corrected chi connectivity index (χ4v) is 3.78. The maximum absolute atomic E-state index is 12.3. The van der Waals surface area contributed by atoms with Gasteiger partial charge in [0.05, 0.1) is 0 Å². The van der Waals surface area contributed by atoms with Gasteiger partial charge in [0.1, 0.15) is 0 Å². The first-order chi connectivity index (χ1) is 11.3. The summed E-state index contributed by atoms with van der Waals surface area (Å²) in [5.74, 6) is 0.669. The topological polar surface area (TPSA) is 41.1 Å². The number of carbonyl (C=O) groups excluding carboxylic acids is 1. The van der Waals surface area contributed by atoms with Gasteiger partial charge in [0.25, 0.3) is 0 Å². The Kier molecular flexibility index (Phi) is 5.22. The standard InChI is InChI=1S/C20H22N2O.ClH/c23-20(11-14-7-9-21-10-8-14)22-17-5-6-19-16(13-17)12-15-3-1-2-4-18(15)19;/h1-6,13-14,21H,7-12H2,(H,22,23);1H. The van der Waals surface area contributed by atoms with Gasteiger partial charge in [-0.15, -0.1) is 12.4 Å². The van der Waals surface area contributed by atoms with Gasteiger partial charge in [0.2, 0.25) is 5.91 Å². The van der Waals surface area contributed by atoms with E-state index in [-0.39, 0.29) is 18.3 Å². The van der Waals surface area contributed by atoms with E-state index in [1.165, 1.54) is 22.3 Å². The van der Waals surface area contributed by atoms with Gasteiger partial charge >= 0.3 is 0 Å². The van der Waals surface area contributed by atoms with Crippen LogP contribution in [0.3, 0.4) is 0 Å². The Morgan fingerprint density at radius 3 is 2.62 bits per heavy atom. The van der Waals surface area contributed by atoms with Crippen LogP contribution in [0.15, 0.2) is 42.5 Å². The van der Waals surface area contributed by atoms with Crippen molar-refractivity contribution >= 4 is 24.0 Å². The van der Waals surface area contributed by atoms with Crippen LogP contribution in [0, 0.1) is 5.92 Å². The highest BCUT2D eigenvalue weighted by Crippen LogP contribution is 2.37. The molecule has 0 atom stereocenters. The molecule has 0 saturated carbocycles. The summed E-state index contributed by atoms with van der Waals surface area (Å²) in [6, 6.07) is 14.8. The van der Waals surface area contributed by atoms with E-state index in [2.05, 4.69) is 47.0 Å².